The topological polar surface area (TPSA) is 93.2 Å². The van der Waals surface area contributed by atoms with Gasteiger partial charge in [0.2, 0.25) is 0 Å². The number of carbonyl (C=O) groups excluding carboxylic acids is 2. The normalized spacial score (nSPS) is 10.2. The van der Waals surface area contributed by atoms with Gasteiger partial charge in [-0.25, -0.2) is 14.8 Å². The highest BCUT2D eigenvalue weighted by Gasteiger charge is 2.14. The van der Waals surface area contributed by atoms with Crippen molar-refractivity contribution in [3.05, 3.63) is 77.2 Å². The molecule has 3 rings (SSSR count). The first kappa shape index (κ1) is 19.0. The largest absolute Gasteiger partial charge is 0.465 e. The van der Waals surface area contributed by atoms with Gasteiger partial charge in [0, 0.05) is 5.69 Å². The maximum Gasteiger partial charge on any atom is 0.339 e. The molecular formula is C21H20N4O3. The zero-order chi connectivity index (χ0) is 20.1. The molecule has 7 nitrogen and oxygen atoms in total. The Kier molecular flexibility index (Phi) is 5.64. The van der Waals surface area contributed by atoms with Gasteiger partial charge in [-0.2, -0.15) is 0 Å². The van der Waals surface area contributed by atoms with Gasteiger partial charge in [0.1, 0.15) is 11.5 Å². The lowest BCUT2D eigenvalue weighted by Gasteiger charge is -2.12. The fourth-order valence-corrected chi connectivity index (χ4v) is 2.72. The number of para-hydroxylation sites is 2. The summed E-state index contributed by atoms with van der Waals surface area (Å²) in [4.78, 5) is 32.7. The molecule has 0 aliphatic rings. The van der Waals surface area contributed by atoms with Gasteiger partial charge in [-0.1, -0.05) is 30.3 Å². The van der Waals surface area contributed by atoms with Gasteiger partial charge in [0.25, 0.3) is 5.91 Å². The van der Waals surface area contributed by atoms with Crippen molar-refractivity contribution in [2.45, 2.75) is 13.8 Å². The molecule has 1 aromatic heterocycles. The molecule has 0 aliphatic carbocycles. The van der Waals surface area contributed by atoms with E-state index in [9.17, 15) is 9.59 Å². The number of methoxy groups -OCH3 is 1. The number of rotatable bonds is 5. The Hall–Kier alpha value is -3.74. The average molecular weight is 376 g/mol. The number of nitrogens with one attached hydrogen (secondary N) is 2. The van der Waals surface area contributed by atoms with E-state index in [1.807, 2.05) is 32.0 Å². The van der Waals surface area contributed by atoms with E-state index in [1.165, 1.54) is 19.5 Å². The number of ether oxygens (including phenoxy) is 1. The van der Waals surface area contributed by atoms with Crippen molar-refractivity contribution in [2.24, 2.45) is 0 Å². The molecule has 2 aromatic carbocycles. The Morgan fingerprint density at radius 2 is 1.64 bits per heavy atom. The Balaban J connectivity index is 1.76. The zero-order valence-corrected chi connectivity index (χ0v) is 15.8. The molecule has 0 saturated heterocycles. The summed E-state index contributed by atoms with van der Waals surface area (Å²) in [6.45, 7) is 3.86. The molecule has 3 aromatic rings. The number of carbonyl (C=O) groups is 2. The molecule has 0 saturated carbocycles. The second-order valence-electron chi connectivity index (χ2n) is 6.17. The van der Waals surface area contributed by atoms with Crippen LogP contribution in [0.3, 0.4) is 0 Å². The van der Waals surface area contributed by atoms with Crippen LogP contribution in [-0.2, 0) is 4.74 Å². The Morgan fingerprint density at radius 3 is 2.29 bits per heavy atom. The van der Waals surface area contributed by atoms with Crippen molar-refractivity contribution < 1.29 is 14.3 Å². The van der Waals surface area contributed by atoms with Gasteiger partial charge < -0.3 is 15.4 Å². The fraction of sp³-hybridized carbons (Fsp3) is 0.143. The molecule has 2 N–H and O–H groups in total. The van der Waals surface area contributed by atoms with Gasteiger partial charge in [0.05, 0.1) is 30.8 Å². The van der Waals surface area contributed by atoms with Crippen LogP contribution in [0.4, 0.5) is 17.2 Å². The highest BCUT2D eigenvalue weighted by Crippen LogP contribution is 2.21. The van der Waals surface area contributed by atoms with Crippen molar-refractivity contribution in [2.75, 3.05) is 17.7 Å². The summed E-state index contributed by atoms with van der Waals surface area (Å²) in [5.41, 5.74) is 3.82. The van der Waals surface area contributed by atoms with Crippen LogP contribution in [0, 0.1) is 13.8 Å². The van der Waals surface area contributed by atoms with Crippen LogP contribution in [0.5, 0.6) is 0 Å². The van der Waals surface area contributed by atoms with E-state index in [0.717, 1.165) is 16.8 Å². The Labute approximate surface area is 162 Å². The lowest BCUT2D eigenvalue weighted by atomic mass is 10.1. The zero-order valence-electron chi connectivity index (χ0n) is 15.8. The minimum absolute atomic E-state index is 0.189. The van der Waals surface area contributed by atoms with Crippen LogP contribution in [0.25, 0.3) is 0 Å². The molecule has 1 heterocycles. The summed E-state index contributed by atoms with van der Waals surface area (Å²) >= 11 is 0. The lowest BCUT2D eigenvalue weighted by molar-refractivity contribution is 0.0601. The summed E-state index contributed by atoms with van der Waals surface area (Å²) in [5, 5.41) is 5.89. The van der Waals surface area contributed by atoms with Gasteiger partial charge in [-0.15, -0.1) is 0 Å². The quantitative estimate of drug-likeness (QED) is 0.657. The number of benzene rings is 2. The number of aromatic nitrogens is 2. The highest BCUT2D eigenvalue weighted by atomic mass is 16.5. The van der Waals surface area contributed by atoms with Crippen molar-refractivity contribution in [3.63, 3.8) is 0 Å². The maximum atomic E-state index is 12.5. The van der Waals surface area contributed by atoms with Crippen LogP contribution >= 0.6 is 0 Å². The smallest absolute Gasteiger partial charge is 0.339 e. The van der Waals surface area contributed by atoms with Gasteiger partial charge in [-0.05, 0) is 37.1 Å². The predicted octanol–water partition coefficient (Wildman–Crippen LogP) is 3.88. The highest BCUT2D eigenvalue weighted by molar-refractivity contribution is 6.03. The summed E-state index contributed by atoms with van der Waals surface area (Å²) in [6, 6.07) is 12.7. The van der Waals surface area contributed by atoms with Gasteiger partial charge in [-0.3, -0.25) is 4.79 Å². The van der Waals surface area contributed by atoms with Crippen LogP contribution in [-0.4, -0.2) is 29.0 Å². The third kappa shape index (κ3) is 4.15. The van der Waals surface area contributed by atoms with Crippen molar-refractivity contribution in [1.82, 2.24) is 9.97 Å². The van der Waals surface area contributed by atoms with Crippen LogP contribution in [0.15, 0.2) is 54.9 Å². The first-order chi connectivity index (χ1) is 13.5. The summed E-state index contributed by atoms with van der Waals surface area (Å²) in [5.74, 6) is -0.396. The number of amides is 1. The molecule has 0 radical (unpaired) electrons. The molecule has 1 amide bonds. The fourth-order valence-electron chi connectivity index (χ4n) is 2.72. The van der Waals surface area contributed by atoms with Crippen LogP contribution < -0.4 is 10.6 Å². The van der Waals surface area contributed by atoms with E-state index in [2.05, 4.69) is 20.6 Å². The van der Waals surface area contributed by atoms with Crippen LogP contribution in [0.2, 0.25) is 0 Å². The van der Waals surface area contributed by atoms with E-state index < -0.39 is 5.97 Å². The Bertz CT molecular complexity index is 996. The minimum atomic E-state index is -0.458. The molecule has 28 heavy (non-hydrogen) atoms. The maximum absolute atomic E-state index is 12.5. The van der Waals surface area contributed by atoms with E-state index in [1.54, 1.807) is 24.3 Å². The number of aryl methyl sites for hydroxylation is 2. The molecule has 0 unspecified atom stereocenters. The van der Waals surface area contributed by atoms with Crippen molar-refractivity contribution in [3.8, 4) is 0 Å². The minimum Gasteiger partial charge on any atom is -0.465 e. The second-order valence-corrected chi connectivity index (χ2v) is 6.17. The van der Waals surface area contributed by atoms with Crippen molar-refractivity contribution in [1.29, 1.82) is 0 Å². The van der Waals surface area contributed by atoms with Gasteiger partial charge >= 0.3 is 5.97 Å². The lowest BCUT2D eigenvalue weighted by Crippen LogP contribution is -2.16. The number of esters is 1. The number of anilines is 3. The number of hydrogen-bond acceptors (Lipinski definition) is 6. The summed E-state index contributed by atoms with van der Waals surface area (Å²) in [7, 11) is 1.32. The summed E-state index contributed by atoms with van der Waals surface area (Å²) < 4.78 is 4.77. The molecule has 0 atom stereocenters. The predicted molar refractivity (Wildman–Crippen MR) is 107 cm³/mol. The molecular weight excluding hydrogens is 356 g/mol. The molecule has 7 heteroatoms. The third-order valence-corrected chi connectivity index (χ3v) is 4.20. The van der Waals surface area contributed by atoms with E-state index in [0.29, 0.717) is 17.1 Å². The standard InChI is InChI=1S/C21H20N4O3/c1-13-7-6-8-14(2)19(13)25-20(26)17-11-23-18(12-22-17)24-16-10-5-4-9-15(16)21(27)28-3/h4-12H,1-3H3,(H,23,24)(H,25,26). The molecule has 0 fully saturated rings. The van der Waals surface area contributed by atoms with E-state index in [-0.39, 0.29) is 11.6 Å². The molecule has 0 bridgehead atoms. The monoisotopic (exact) mass is 376 g/mol. The molecule has 142 valence electrons. The second kappa shape index (κ2) is 8.30. The first-order valence-electron chi connectivity index (χ1n) is 8.63. The van der Waals surface area contributed by atoms with Crippen LogP contribution in [0.1, 0.15) is 32.0 Å². The average Bonchev–Trinajstić information content (AvgIpc) is 2.71. The third-order valence-electron chi connectivity index (χ3n) is 4.20. The molecule has 0 aliphatic heterocycles. The number of nitrogens with zero attached hydrogens (tertiary/aromatic N) is 2. The van der Waals surface area contributed by atoms with E-state index in [4.69, 9.17) is 4.74 Å². The van der Waals surface area contributed by atoms with Gasteiger partial charge in [0.15, 0.2) is 0 Å². The summed E-state index contributed by atoms with van der Waals surface area (Å²) in [6.07, 6.45) is 2.82. The number of hydrogen-bond donors (Lipinski definition) is 2. The molecule has 0 spiro atoms. The first-order valence-corrected chi connectivity index (χ1v) is 8.63. The van der Waals surface area contributed by atoms with Crippen molar-refractivity contribution >= 4 is 29.1 Å². The Morgan fingerprint density at radius 1 is 0.929 bits per heavy atom. The van der Waals surface area contributed by atoms with E-state index >= 15 is 0 Å². The SMILES string of the molecule is COC(=O)c1ccccc1Nc1cnc(C(=O)Nc2c(C)cccc2C)cn1.